The molecule has 2 aromatic rings. The van der Waals surface area contributed by atoms with E-state index in [1.807, 2.05) is 0 Å². The summed E-state index contributed by atoms with van der Waals surface area (Å²) in [5, 5.41) is 10.6. The van der Waals surface area contributed by atoms with Crippen molar-refractivity contribution in [3.63, 3.8) is 0 Å². The summed E-state index contributed by atoms with van der Waals surface area (Å²) in [7, 11) is 0. The first-order valence-corrected chi connectivity index (χ1v) is 7.64. The largest absolute Gasteiger partial charge is 0.486 e. The highest BCUT2D eigenvalue weighted by atomic mass is 19.1. The molecule has 1 N–H and O–H groups in total. The molecule has 3 rings (SSSR count). The second-order valence-electron chi connectivity index (χ2n) is 6.15. The highest BCUT2D eigenvalue weighted by Crippen LogP contribution is 2.27. The molecule has 0 spiro atoms. The maximum atomic E-state index is 13.3. The van der Waals surface area contributed by atoms with Gasteiger partial charge in [-0.1, -0.05) is 6.07 Å². The summed E-state index contributed by atoms with van der Waals surface area (Å²) in [5.74, 6) is 0.0800. The van der Waals surface area contributed by atoms with Gasteiger partial charge in [-0.15, -0.1) is 0 Å². The van der Waals surface area contributed by atoms with Crippen LogP contribution in [0.4, 0.5) is 4.39 Å². The van der Waals surface area contributed by atoms with E-state index in [0.29, 0.717) is 25.3 Å². The van der Waals surface area contributed by atoms with Crippen molar-refractivity contribution in [2.45, 2.75) is 31.6 Å². The second-order valence-corrected chi connectivity index (χ2v) is 6.15. The van der Waals surface area contributed by atoms with Crippen molar-refractivity contribution in [3.05, 3.63) is 54.4 Å². The van der Waals surface area contributed by atoms with Crippen LogP contribution in [0.2, 0.25) is 0 Å². The van der Waals surface area contributed by atoms with Gasteiger partial charge in [-0.3, -0.25) is 4.90 Å². The molecule has 1 aromatic heterocycles. The number of aliphatic hydroxyl groups is 1. The van der Waals surface area contributed by atoms with E-state index in [9.17, 15) is 9.50 Å². The van der Waals surface area contributed by atoms with Crippen LogP contribution in [0, 0.1) is 5.82 Å². The van der Waals surface area contributed by atoms with E-state index >= 15 is 0 Å². The lowest BCUT2D eigenvalue weighted by atomic mass is 9.90. The topological polar surface area (TPSA) is 58.5 Å². The molecular weight excluding hydrogens is 297 g/mol. The summed E-state index contributed by atoms with van der Waals surface area (Å²) in [6, 6.07) is 6.00. The van der Waals surface area contributed by atoms with Gasteiger partial charge in [-0.2, -0.15) is 0 Å². The van der Waals surface area contributed by atoms with Gasteiger partial charge in [-0.25, -0.2) is 14.4 Å². The lowest BCUT2D eigenvalue weighted by Gasteiger charge is -2.42. The zero-order chi connectivity index (χ0) is 16.3. The molecule has 0 aliphatic carbocycles. The van der Waals surface area contributed by atoms with Crippen molar-refractivity contribution in [2.24, 2.45) is 0 Å². The average Bonchev–Trinajstić information content (AvgIpc) is 2.52. The fraction of sp³-hybridized carbons (Fsp3) is 0.412. The van der Waals surface area contributed by atoms with Gasteiger partial charge in [0, 0.05) is 43.7 Å². The molecule has 122 valence electrons. The summed E-state index contributed by atoms with van der Waals surface area (Å²) in [6.07, 6.45) is 5.22. The quantitative estimate of drug-likeness (QED) is 0.935. The van der Waals surface area contributed by atoms with E-state index in [0.717, 1.165) is 12.1 Å². The van der Waals surface area contributed by atoms with Gasteiger partial charge < -0.3 is 9.84 Å². The normalized spacial score (nSPS) is 25.3. The number of rotatable bonds is 4. The standard InChI is InChI=1S/C17H20FN3O2/c1-17(22)5-6-21(10-13-8-19-12-20-9-13)11-16(17)23-15-4-2-3-14(18)7-15/h2-4,7-9,12,16,22H,5-6,10-11H2,1H3/t16-,17-/m1/s1. The van der Waals surface area contributed by atoms with Crippen molar-refractivity contribution >= 4 is 0 Å². The molecule has 0 unspecified atom stereocenters. The van der Waals surface area contributed by atoms with E-state index in [1.165, 1.54) is 18.5 Å². The number of piperidine rings is 1. The smallest absolute Gasteiger partial charge is 0.140 e. The van der Waals surface area contributed by atoms with E-state index in [2.05, 4.69) is 14.9 Å². The number of benzene rings is 1. The fourth-order valence-electron chi connectivity index (χ4n) is 2.75. The molecule has 0 saturated carbocycles. The zero-order valence-corrected chi connectivity index (χ0v) is 13.0. The number of likely N-dealkylation sites (tertiary alicyclic amines) is 1. The molecular formula is C17H20FN3O2. The minimum Gasteiger partial charge on any atom is -0.486 e. The van der Waals surface area contributed by atoms with Gasteiger partial charge in [-0.05, 0) is 25.5 Å². The van der Waals surface area contributed by atoms with Gasteiger partial charge in [0.15, 0.2) is 0 Å². The first-order chi connectivity index (χ1) is 11.0. The second kappa shape index (κ2) is 6.60. The number of aromatic nitrogens is 2. The van der Waals surface area contributed by atoms with Gasteiger partial charge >= 0.3 is 0 Å². The first kappa shape index (κ1) is 15.8. The average molecular weight is 317 g/mol. The lowest BCUT2D eigenvalue weighted by Crippen LogP contribution is -2.56. The molecule has 1 saturated heterocycles. The monoisotopic (exact) mass is 317 g/mol. The van der Waals surface area contributed by atoms with Crippen LogP contribution in [0.25, 0.3) is 0 Å². The van der Waals surface area contributed by atoms with Crippen molar-refractivity contribution in [1.29, 1.82) is 0 Å². The van der Waals surface area contributed by atoms with Crippen LogP contribution in [0.3, 0.4) is 0 Å². The number of halogens is 1. The van der Waals surface area contributed by atoms with Crippen molar-refractivity contribution < 1.29 is 14.2 Å². The summed E-state index contributed by atoms with van der Waals surface area (Å²) in [4.78, 5) is 10.2. The van der Waals surface area contributed by atoms with E-state index < -0.39 is 11.7 Å². The maximum absolute atomic E-state index is 13.3. The zero-order valence-electron chi connectivity index (χ0n) is 13.0. The predicted molar refractivity (Wildman–Crippen MR) is 83.4 cm³/mol. The molecule has 1 aliphatic heterocycles. The first-order valence-electron chi connectivity index (χ1n) is 7.64. The summed E-state index contributed by atoms with van der Waals surface area (Å²) in [5.41, 5.74) is 0.0641. The SMILES string of the molecule is C[C@@]1(O)CCN(Cc2cncnc2)C[C@H]1Oc1cccc(F)c1. The van der Waals surface area contributed by atoms with E-state index in [-0.39, 0.29) is 5.82 Å². The Morgan fingerprint density at radius 2 is 2.17 bits per heavy atom. The number of hydrogen-bond donors (Lipinski definition) is 1. The van der Waals surface area contributed by atoms with Crippen LogP contribution < -0.4 is 4.74 Å². The Morgan fingerprint density at radius 1 is 1.39 bits per heavy atom. The fourth-order valence-corrected chi connectivity index (χ4v) is 2.75. The van der Waals surface area contributed by atoms with Crippen molar-refractivity contribution in [2.75, 3.05) is 13.1 Å². The molecule has 0 amide bonds. The minimum absolute atomic E-state index is 0.351. The molecule has 6 heteroatoms. The third kappa shape index (κ3) is 4.03. The number of hydrogen-bond acceptors (Lipinski definition) is 5. The van der Waals surface area contributed by atoms with Crippen molar-refractivity contribution in [3.8, 4) is 5.75 Å². The number of ether oxygens (including phenoxy) is 1. The van der Waals surface area contributed by atoms with Gasteiger partial charge in [0.2, 0.25) is 0 Å². The molecule has 2 atom stereocenters. The molecule has 23 heavy (non-hydrogen) atoms. The Hall–Kier alpha value is -2.05. The summed E-state index contributed by atoms with van der Waals surface area (Å²) >= 11 is 0. The third-order valence-electron chi connectivity index (χ3n) is 4.15. The van der Waals surface area contributed by atoms with Crippen LogP contribution in [0.15, 0.2) is 43.0 Å². The summed E-state index contributed by atoms with van der Waals surface area (Å²) in [6.45, 7) is 3.77. The molecule has 1 aromatic carbocycles. The van der Waals surface area contributed by atoms with Crippen LogP contribution in [-0.2, 0) is 6.54 Å². The Labute approximate surface area is 134 Å². The molecule has 0 bridgehead atoms. The van der Waals surface area contributed by atoms with Crippen LogP contribution >= 0.6 is 0 Å². The van der Waals surface area contributed by atoms with Crippen molar-refractivity contribution in [1.82, 2.24) is 14.9 Å². The maximum Gasteiger partial charge on any atom is 0.140 e. The molecule has 1 fully saturated rings. The minimum atomic E-state index is -0.948. The van der Waals surface area contributed by atoms with Crippen LogP contribution in [-0.4, -0.2) is 44.8 Å². The molecule has 0 radical (unpaired) electrons. The Kier molecular flexibility index (Phi) is 4.54. The molecule has 2 heterocycles. The highest BCUT2D eigenvalue weighted by Gasteiger charge is 2.39. The summed E-state index contributed by atoms with van der Waals surface area (Å²) < 4.78 is 19.2. The lowest BCUT2D eigenvalue weighted by molar-refractivity contribution is -0.0965. The third-order valence-corrected chi connectivity index (χ3v) is 4.15. The highest BCUT2D eigenvalue weighted by molar-refractivity contribution is 5.23. The van der Waals surface area contributed by atoms with Gasteiger partial charge in [0.05, 0.1) is 0 Å². The predicted octanol–water partition coefficient (Wildman–Crippen LogP) is 2.02. The van der Waals surface area contributed by atoms with Gasteiger partial charge in [0.25, 0.3) is 0 Å². The Balaban J connectivity index is 1.69. The molecule has 1 aliphatic rings. The van der Waals surface area contributed by atoms with E-state index in [4.69, 9.17) is 4.74 Å². The Morgan fingerprint density at radius 3 is 2.91 bits per heavy atom. The number of nitrogens with zero attached hydrogens (tertiary/aromatic N) is 3. The van der Waals surface area contributed by atoms with E-state index in [1.54, 1.807) is 31.5 Å². The molecule has 5 nitrogen and oxygen atoms in total. The van der Waals surface area contributed by atoms with Crippen LogP contribution in [0.5, 0.6) is 5.75 Å². The Bertz CT molecular complexity index is 651. The van der Waals surface area contributed by atoms with Gasteiger partial charge in [0.1, 0.15) is 29.6 Å². The van der Waals surface area contributed by atoms with Crippen LogP contribution in [0.1, 0.15) is 18.9 Å².